The predicted molar refractivity (Wildman–Crippen MR) is 71.2 cm³/mol. The first-order valence-electron chi connectivity index (χ1n) is 5.69. The number of rotatable bonds is 1. The maximum absolute atomic E-state index is 12.3. The van der Waals surface area contributed by atoms with E-state index in [0.29, 0.717) is 22.1 Å². The molecule has 19 heavy (non-hydrogen) atoms. The molecule has 0 spiro atoms. The van der Waals surface area contributed by atoms with E-state index in [1.165, 1.54) is 30.5 Å². The molecule has 94 valence electrons. The summed E-state index contributed by atoms with van der Waals surface area (Å²) in [5.74, 6) is 0.147. The van der Waals surface area contributed by atoms with Crippen LogP contribution in [0.4, 0.5) is 0 Å². The zero-order chi connectivity index (χ0) is 13.4. The van der Waals surface area contributed by atoms with Gasteiger partial charge in [-0.3, -0.25) is 4.79 Å². The molecule has 1 aromatic heterocycles. The minimum Gasteiger partial charge on any atom is -0.508 e. The molecule has 0 bridgehead atoms. The van der Waals surface area contributed by atoms with Gasteiger partial charge in [0.1, 0.15) is 23.3 Å². The van der Waals surface area contributed by atoms with Crippen molar-refractivity contribution in [3.8, 4) is 22.6 Å². The SMILES string of the molecule is O=c1c(-c2ccc(O)cc2)coc2ccc(O)cc12. The Bertz CT molecular complexity index is 800. The van der Waals surface area contributed by atoms with E-state index in [0.717, 1.165) is 0 Å². The monoisotopic (exact) mass is 254 g/mol. The van der Waals surface area contributed by atoms with Gasteiger partial charge in [-0.05, 0) is 35.9 Å². The molecule has 0 aliphatic heterocycles. The van der Waals surface area contributed by atoms with Gasteiger partial charge in [0, 0.05) is 0 Å². The highest BCUT2D eigenvalue weighted by atomic mass is 16.3. The lowest BCUT2D eigenvalue weighted by atomic mass is 10.1. The van der Waals surface area contributed by atoms with Gasteiger partial charge in [0.05, 0.1) is 10.9 Å². The van der Waals surface area contributed by atoms with Gasteiger partial charge >= 0.3 is 0 Å². The third-order valence-corrected chi connectivity index (χ3v) is 2.93. The van der Waals surface area contributed by atoms with Crippen molar-refractivity contribution in [1.82, 2.24) is 0 Å². The lowest BCUT2D eigenvalue weighted by molar-refractivity contribution is 0.475. The topological polar surface area (TPSA) is 70.7 Å². The quantitative estimate of drug-likeness (QED) is 0.700. The van der Waals surface area contributed by atoms with Gasteiger partial charge < -0.3 is 14.6 Å². The van der Waals surface area contributed by atoms with Crippen molar-refractivity contribution in [3.63, 3.8) is 0 Å². The van der Waals surface area contributed by atoms with Crippen molar-refractivity contribution in [2.75, 3.05) is 0 Å². The Kier molecular flexibility index (Phi) is 2.49. The van der Waals surface area contributed by atoms with Crippen LogP contribution < -0.4 is 5.43 Å². The summed E-state index contributed by atoms with van der Waals surface area (Å²) in [7, 11) is 0. The van der Waals surface area contributed by atoms with Gasteiger partial charge in [-0.1, -0.05) is 12.1 Å². The summed E-state index contributed by atoms with van der Waals surface area (Å²) >= 11 is 0. The van der Waals surface area contributed by atoms with Crippen LogP contribution >= 0.6 is 0 Å². The minimum atomic E-state index is -0.220. The fraction of sp³-hybridized carbons (Fsp3) is 0. The number of benzene rings is 2. The molecule has 0 aliphatic rings. The van der Waals surface area contributed by atoms with Crippen molar-refractivity contribution in [2.45, 2.75) is 0 Å². The number of hydrogen-bond donors (Lipinski definition) is 2. The first kappa shape index (κ1) is 11.3. The second-order valence-electron chi connectivity index (χ2n) is 4.21. The van der Waals surface area contributed by atoms with Crippen LogP contribution in [0.3, 0.4) is 0 Å². The molecule has 2 N–H and O–H groups in total. The molecule has 0 atom stereocenters. The number of phenolic OH excluding ortho intramolecular Hbond substituents is 2. The smallest absolute Gasteiger partial charge is 0.200 e. The summed E-state index contributed by atoms with van der Waals surface area (Å²) in [5.41, 5.74) is 1.24. The normalized spacial score (nSPS) is 10.7. The molecule has 0 amide bonds. The molecule has 0 radical (unpaired) electrons. The van der Waals surface area contributed by atoms with Crippen LogP contribution in [0.15, 0.2) is 57.9 Å². The average Bonchev–Trinajstić information content (AvgIpc) is 2.41. The van der Waals surface area contributed by atoms with E-state index in [9.17, 15) is 15.0 Å². The van der Waals surface area contributed by atoms with Crippen molar-refractivity contribution >= 4 is 11.0 Å². The summed E-state index contributed by atoms with van der Waals surface area (Å²) in [6, 6.07) is 10.7. The molecule has 4 nitrogen and oxygen atoms in total. The molecule has 0 saturated carbocycles. The van der Waals surface area contributed by atoms with E-state index in [4.69, 9.17) is 4.42 Å². The molecule has 0 fully saturated rings. The van der Waals surface area contributed by atoms with E-state index >= 15 is 0 Å². The first-order valence-corrected chi connectivity index (χ1v) is 5.69. The zero-order valence-corrected chi connectivity index (χ0v) is 9.83. The summed E-state index contributed by atoms with van der Waals surface area (Å²) in [6.07, 6.45) is 1.38. The van der Waals surface area contributed by atoms with Crippen LogP contribution in [0.1, 0.15) is 0 Å². The van der Waals surface area contributed by atoms with Crippen LogP contribution in [0.25, 0.3) is 22.1 Å². The van der Waals surface area contributed by atoms with E-state index in [2.05, 4.69) is 0 Å². The number of aromatic hydroxyl groups is 2. The van der Waals surface area contributed by atoms with Crippen molar-refractivity contribution in [3.05, 3.63) is 59.0 Å². The van der Waals surface area contributed by atoms with Gasteiger partial charge in [-0.25, -0.2) is 0 Å². The second kappa shape index (κ2) is 4.17. The molecule has 3 aromatic rings. The fourth-order valence-corrected chi connectivity index (χ4v) is 1.96. The summed E-state index contributed by atoms with van der Waals surface area (Å²) in [6.45, 7) is 0. The van der Waals surface area contributed by atoms with Crippen molar-refractivity contribution < 1.29 is 14.6 Å². The van der Waals surface area contributed by atoms with Gasteiger partial charge in [-0.15, -0.1) is 0 Å². The standard InChI is InChI=1S/C15H10O4/c16-10-3-1-9(2-4-10)13-8-19-14-6-5-11(17)7-12(14)15(13)18/h1-8,16-17H. The van der Waals surface area contributed by atoms with E-state index in [1.807, 2.05) is 0 Å². The molecule has 1 heterocycles. The first-order chi connectivity index (χ1) is 9.15. The molecule has 0 aliphatic carbocycles. The van der Waals surface area contributed by atoms with Crippen LogP contribution in [0, 0.1) is 0 Å². The summed E-state index contributed by atoms with van der Waals surface area (Å²) in [4.78, 5) is 12.3. The Morgan fingerprint density at radius 1 is 0.895 bits per heavy atom. The van der Waals surface area contributed by atoms with Crippen molar-refractivity contribution in [1.29, 1.82) is 0 Å². The molecule has 4 heteroatoms. The lowest BCUT2D eigenvalue weighted by Crippen LogP contribution is -2.04. The maximum atomic E-state index is 12.3. The highest BCUT2D eigenvalue weighted by Gasteiger charge is 2.09. The Hall–Kier alpha value is -2.75. The molecular weight excluding hydrogens is 244 g/mol. The Morgan fingerprint density at radius 2 is 1.58 bits per heavy atom. The number of hydrogen-bond acceptors (Lipinski definition) is 4. The van der Waals surface area contributed by atoms with E-state index in [1.54, 1.807) is 18.2 Å². The molecule has 0 saturated heterocycles. The lowest BCUT2D eigenvalue weighted by Gasteiger charge is -2.03. The number of phenols is 2. The molecule has 0 unspecified atom stereocenters. The summed E-state index contributed by atoms with van der Waals surface area (Å²) in [5, 5.41) is 19.0. The second-order valence-corrected chi connectivity index (χ2v) is 4.21. The largest absolute Gasteiger partial charge is 0.508 e. The number of fused-ring (bicyclic) bond motifs is 1. The average molecular weight is 254 g/mol. The zero-order valence-electron chi connectivity index (χ0n) is 9.83. The van der Waals surface area contributed by atoms with Crippen LogP contribution in [0.5, 0.6) is 11.5 Å². The van der Waals surface area contributed by atoms with Gasteiger partial charge in [-0.2, -0.15) is 0 Å². The fourth-order valence-electron chi connectivity index (χ4n) is 1.96. The van der Waals surface area contributed by atoms with E-state index in [-0.39, 0.29) is 16.9 Å². The molecule has 3 rings (SSSR count). The van der Waals surface area contributed by atoms with E-state index < -0.39 is 0 Å². The Labute approximate surface area is 108 Å². The van der Waals surface area contributed by atoms with Gasteiger partial charge in [0.2, 0.25) is 5.43 Å². The van der Waals surface area contributed by atoms with Crippen LogP contribution in [0.2, 0.25) is 0 Å². The Morgan fingerprint density at radius 3 is 2.32 bits per heavy atom. The maximum Gasteiger partial charge on any atom is 0.200 e. The third-order valence-electron chi connectivity index (χ3n) is 2.93. The van der Waals surface area contributed by atoms with Crippen molar-refractivity contribution in [2.24, 2.45) is 0 Å². The Balaban J connectivity index is 2.28. The highest BCUT2D eigenvalue weighted by molar-refractivity contribution is 5.82. The third kappa shape index (κ3) is 1.93. The van der Waals surface area contributed by atoms with Crippen LogP contribution in [-0.2, 0) is 0 Å². The predicted octanol–water partition coefficient (Wildman–Crippen LogP) is 2.87. The highest BCUT2D eigenvalue weighted by Crippen LogP contribution is 2.23. The molecule has 2 aromatic carbocycles. The summed E-state index contributed by atoms with van der Waals surface area (Å²) < 4.78 is 5.39. The molecular formula is C15H10O4. The van der Waals surface area contributed by atoms with Crippen LogP contribution in [-0.4, -0.2) is 10.2 Å². The minimum absolute atomic E-state index is 0.0163. The van der Waals surface area contributed by atoms with Gasteiger partial charge in [0.15, 0.2) is 0 Å². The van der Waals surface area contributed by atoms with Gasteiger partial charge in [0.25, 0.3) is 0 Å².